The molecule has 0 aromatic heterocycles. The van der Waals surface area contributed by atoms with Crippen molar-refractivity contribution in [1.29, 1.82) is 5.41 Å². The highest BCUT2D eigenvalue weighted by molar-refractivity contribution is 6.04. The van der Waals surface area contributed by atoms with E-state index in [1.807, 2.05) is 12.1 Å². The van der Waals surface area contributed by atoms with Crippen LogP contribution in [0.3, 0.4) is 0 Å². The predicted molar refractivity (Wildman–Crippen MR) is 64.5 cm³/mol. The van der Waals surface area contributed by atoms with Gasteiger partial charge in [-0.15, -0.1) is 0 Å². The quantitative estimate of drug-likeness (QED) is 0.495. The molecule has 0 fully saturated rings. The van der Waals surface area contributed by atoms with Crippen LogP contribution < -0.4 is 11.1 Å². The van der Waals surface area contributed by atoms with Crippen molar-refractivity contribution in [1.82, 2.24) is 5.32 Å². The van der Waals surface area contributed by atoms with Crippen LogP contribution in [0.15, 0.2) is 24.3 Å². The Kier molecular flexibility index (Phi) is 3.32. The Morgan fingerprint density at radius 1 is 1.25 bits per heavy atom. The normalized spacial score (nSPS) is 10.9. The summed E-state index contributed by atoms with van der Waals surface area (Å²) < 4.78 is 0. The molecule has 86 valence electrons. The van der Waals surface area contributed by atoms with Crippen LogP contribution in [0.2, 0.25) is 0 Å². The van der Waals surface area contributed by atoms with E-state index in [1.165, 1.54) is 0 Å². The standard InChI is InChI=1S/C12H17N3O/c1-12(2,3)9-6-4-8(5-7-9)10(16)15-11(13)14/h4-7H,1-3H3,(H4,13,14,15,16). The summed E-state index contributed by atoms with van der Waals surface area (Å²) in [7, 11) is 0. The Balaban J connectivity index is 2.87. The van der Waals surface area contributed by atoms with Gasteiger partial charge in [-0.25, -0.2) is 0 Å². The second-order valence-corrected chi connectivity index (χ2v) is 4.70. The summed E-state index contributed by atoms with van der Waals surface area (Å²) >= 11 is 0. The van der Waals surface area contributed by atoms with E-state index >= 15 is 0 Å². The molecule has 0 saturated heterocycles. The molecule has 1 amide bonds. The maximum absolute atomic E-state index is 11.5. The average Bonchev–Trinajstić information content (AvgIpc) is 2.15. The van der Waals surface area contributed by atoms with Crippen molar-refractivity contribution < 1.29 is 4.79 Å². The van der Waals surface area contributed by atoms with E-state index in [0.29, 0.717) is 5.56 Å². The molecule has 4 N–H and O–H groups in total. The summed E-state index contributed by atoms with van der Waals surface area (Å²) in [5.41, 5.74) is 6.81. The minimum atomic E-state index is -0.354. The molecule has 0 aliphatic rings. The van der Waals surface area contributed by atoms with Gasteiger partial charge in [0.15, 0.2) is 5.96 Å². The maximum Gasteiger partial charge on any atom is 0.257 e. The molecule has 0 unspecified atom stereocenters. The van der Waals surface area contributed by atoms with Gasteiger partial charge in [0.05, 0.1) is 0 Å². The number of amides is 1. The summed E-state index contributed by atoms with van der Waals surface area (Å²) in [5.74, 6) is -0.696. The van der Waals surface area contributed by atoms with E-state index in [9.17, 15) is 4.79 Å². The third-order valence-electron chi connectivity index (χ3n) is 2.26. The Hall–Kier alpha value is -1.84. The fourth-order valence-corrected chi connectivity index (χ4v) is 1.32. The Morgan fingerprint density at radius 3 is 2.12 bits per heavy atom. The third kappa shape index (κ3) is 3.08. The summed E-state index contributed by atoms with van der Waals surface area (Å²) in [4.78, 5) is 11.5. The van der Waals surface area contributed by atoms with Gasteiger partial charge in [-0.05, 0) is 23.1 Å². The highest BCUT2D eigenvalue weighted by Gasteiger charge is 2.14. The minimum Gasteiger partial charge on any atom is -0.370 e. The second kappa shape index (κ2) is 4.35. The van der Waals surface area contributed by atoms with Crippen molar-refractivity contribution in [3.63, 3.8) is 0 Å². The molecule has 4 heteroatoms. The Bertz CT molecular complexity index is 401. The first kappa shape index (κ1) is 12.2. The van der Waals surface area contributed by atoms with E-state index < -0.39 is 0 Å². The number of nitrogens with two attached hydrogens (primary N) is 1. The van der Waals surface area contributed by atoms with Crippen LogP contribution in [0.1, 0.15) is 36.7 Å². The maximum atomic E-state index is 11.5. The first-order valence-corrected chi connectivity index (χ1v) is 5.06. The molecular weight excluding hydrogens is 202 g/mol. The molecule has 0 spiro atoms. The molecule has 0 aliphatic carbocycles. The van der Waals surface area contributed by atoms with Crippen molar-refractivity contribution >= 4 is 11.9 Å². The fraction of sp³-hybridized carbons (Fsp3) is 0.333. The predicted octanol–water partition coefficient (Wildman–Crippen LogP) is 1.61. The third-order valence-corrected chi connectivity index (χ3v) is 2.26. The van der Waals surface area contributed by atoms with Crippen molar-refractivity contribution in [2.75, 3.05) is 0 Å². The van der Waals surface area contributed by atoms with Crippen LogP contribution in [0.5, 0.6) is 0 Å². The van der Waals surface area contributed by atoms with Gasteiger partial charge in [0, 0.05) is 5.56 Å². The van der Waals surface area contributed by atoms with Crippen LogP contribution in [-0.2, 0) is 5.41 Å². The van der Waals surface area contributed by atoms with Crippen LogP contribution in [0.25, 0.3) is 0 Å². The largest absolute Gasteiger partial charge is 0.370 e. The van der Waals surface area contributed by atoms with Crippen molar-refractivity contribution in [3.05, 3.63) is 35.4 Å². The van der Waals surface area contributed by atoms with Gasteiger partial charge in [0.2, 0.25) is 0 Å². The first-order valence-electron chi connectivity index (χ1n) is 5.06. The molecule has 0 atom stereocenters. The monoisotopic (exact) mass is 219 g/mol. The van der Waals surface area contributed by atoms with E-state index in [1.54, 1.807) is 12.1 Å². The molecule has 0 aliphatic heterocycles. The van der Waals surface area contributed by atoms with Gasteiger partial charge in [0.25, 0.3) is 5.91 Å². The SMILES string of the molecule is CC(C)(C)c1ccc(C(=O)NC(=N)N)cc1. The fourth-order valence-electron chi connectivity index (χ4n) is 1.32. The number of hydrogen-bond donors (Lipinski definition) is 3. The zero-order valence-electron chi connectivity index (χ0n) is 9.79. The van der Waals surface area contributed by atoms with Gasteiger partial charge < -0.3 is 5.73 Å². The summed E-state index contributed by atoms with van der Waals surface area (Å²) in [6, 6.07) is 7.29. The lowest BCUT2D eigenvalue weighted by molar-refractivity contribution is 0.0976. The summed E-state index contributed by atoms with van der Waals surface area (Å²) in [6.45, 7) is 6.33. The zero-order valence-corrected chi connectivity index (χ0v) is 9.79. The van der Waals surface area contributed by atoms with Gasteiger partial charge >= 0.3 is 0 Å². The van der Waals surface area contributed by atoms with E-state index in [4.69, 9.17) is 11.1 Å². The molecule has 0 saturated carbocycles. The van der Waals surface area contributed by atoms with Gasteiger partial charge in [-0.2, -0.15) is 0 Å². The van der Waals surface area contributed by atoms with E-state index in [-0.39, 0.29) is 17.3 Å². The van der Waals surface area contributed by atoms with Crippen LogP contribution in [0.4, 0.5) is 0 Å². The number of benzene rings is 1. The molecular formula is C12H17N3O. The molecule has 0 bridgehead atoms. The van der Waals surface area contributed by atoms with Crippen LogP contribution in [0, 0.1) is 5.41 Å². The smallest absolute Gasteiger partial charge is 0.257 e. The van der Waals surface area contributed by atoms with Crippen molar-refractivity contribution in [2.24, 2.45) is 5.73 Å². The zero-order chi connectivity index (χ0) is 12.3. The van der Waals surface area contributed by atoms with Gasteiger partial charge in [-0.3, -0.25) is 15.5 Å². The molecule has 4 nitrogen and oxygen atoms in total. The van der Waals surface area contributed by atoms with Gasteiger partial charge in [0.1, 0.15) is 0 Å². The summed E-state index contributed by atoms with van der Waals surface area (Å²) in [5, 5.41) is 9.20. The molecule has 0 radical (unpaired) electrons. The molecule has 1 aromatic carbocycles. The molecule has 1 aromatic rings. The lowest BCUT2D eigenvalue weighted by Crippen LogP contribution is -2.35. The number of hydrogen-bond acceptors (Lipinski definition) is 2. The summed E-state index contributed by atoms with van der Waals surface area (Å²) in [6.07, 6.45) is 0. The Labute approximate surface area is 95.4 Å². The van der Waals surface area contributed by atoms with Crippen LogP contribution >= 0.6 is 0 Å². The van der Waals surface area contributed by atoms with Crippen molar-refractivity contribution in [2.45, 2.75) is 26.2 Å². The lowest BCUT2D eigenvalue weighted by atomic mass is 9.87. The van der Waals surface area contributed by atoms with Gasteiger partial charge in [-0.1, -0.05) is 32.9 Å². The number of carbonyl (C=O) groups is 1. The highest BCUT2D eigenvalue weighted by Crippen LogP contribution is 2.22. The number of nitrogens with one attached hydrogen (secondary N) is 2. The van der Waals surface area contributed by atoms with Crippen molar-refractivity contribution in [3.8, 4) is 0 Å². The number of guanidine groups is 1. The Morgan fingerprint density at radius 2 is 1.75 bits per heavy atom. The van der Waals surface area contributed by atoms with E-state index in [2.05, 4.69) is 26.1 Å². The van der Waals surface area contributed by atoms with E-state index in [0.717, 1.165) is 5.56 Å². The molecule has 1 rings (SSSR count). The van der Waals surface area contributed by atoms with Crippen LogP contribution in [-0.4, -0.2) is 11.9 Å². The second-order valence-electron chi connectivity index (χ2n) is 4.70. The lowest BCUT2D eigenvalue weighted by Gasteiger charge is -2.18. The first-order chi connectivity index (χ1) is 7.30. The number of carbonyl (C=O) groups excluding carboxylic acids is 1. The topological polar surface area (TPSA) is 79.0 Å². The number of rotatable bonds is 1. The minimum absolute atomic E-state index is 0.0651. The molecule has 16 heavy (non-hydrogen) atoms. The average molecular weight is 219 g/mol. The highest BCUT2D eigenvalue weighted by atomic mass is 16.1. The molecule has 0 heterocycles.